The Labute approximate surface area is 230 Å². The van der Waals surface area contributed by atoms with Gasteiger partial charge in [0.2, 0.25) is 5.91 Å². The molecule has 2 amide bonds. The van der Waals surface area contributed by atoms with Gasteiger partial charge in [-0.05, 0) is 84.6 Å². The number of hydrogen-bond acceptors (Lipinski definition) is 6. The van der Waals surface area contributed by atoms with Crippen molar-refractivity contribution in [3.8, 4) is 5.75 Å². The van der Waals surface area contributed by atoms with Crippen LogP contribution in [-0.2, 0) is 9.59 Å². The number of carbonyl (C=O) groups is 2. The summed E-state index contributed by atoms with van der Waals surface area (Å²) in [5.41, 5.74) is 5.74. The van der Waals surface area contributed by atoms with Gasteiger partial charge in [-0.25, -0.2) is 5.01 Å². The molecule has 5 rings (SSSR count). The molecule has 1 N–H and O–H groups in total. The Morgan fingerprint density at radius 2 is 1.89 bits per heavy atom. The van der Waals surface area contributed by atoms with Crippen LogP contribution in [0.1, 0.15) is 41.1 Å². The Balaban J connectivity index is 1.35. The summed E-state index contributed by atoms with van der Waals surface area (Å²) in [6.45, 7) is 4.01. The fourth-order valence-electron chi connectivity index (χ4n) is 4.42. The molecule has 0 bridgehead atoms. The van der Waals surface area contributed by atoms with Gasteiger partial charge in [-0.15, -0.1) is 0 Å². The molecular formula is C29H27ClN4O3S. The number of anilines is 1. The minimum atomic E-state index is -0.614. The highest BCUT2D eigenvalue weighted by Crippen LogP contribution is 2.39. The standard InChI is InChI=1S/C29H27ClN4O3S/c1-17-7-10-22(13-18(17)2)31-27(35)16-26-28(36)32-29(38-26)34-25(20-5-4-6-21(30)14-20)15-24(33-34)19-8-11-23(37-3)12-9-19/h4-14,25-26H,15-16H2,1-3H3,(H,31,35)/t25-,26+/m1/s1. The van der Waals surface area contributed by atoms with Crippen LogP contribution in [0, 0.1) is 13.8 Å². The summed E-state index contributed by atoms with van der Waals surface area (Å²) in [7, 11) is 1.63. The van der Waals surface area contributed by atoms with Gasteiger partial charge in [0.15, 0.2) is 5.17 Å². The van der Waals surface area contributed by atoms with Crippen LogP contribution < -0.4 is 10.1 Å². The smallest absolute Gasteiger partial charge is 0.262 e. The second-order valence-corrected chi connectivity index (χ2v) is 10.9. The number of nitrogens with zero attached hydrogens (tertiary/aromatic N) is 3. The molecule has 7 nitrogen and oxygen atoms in total. The van der Waals surface area contributed by atoms with Crippen molar-refractivity contribution in [2.45, 2.75) is 38.0 Å². The molecule has 2 aliphatic heterocycles. The van der Waals surface area contributed by atoms with E-state index in [1.54, 1.807) is 12.1 Å². The Morgan fingerprint density at radius 1 is 1.11 bits per heavy atom. The van der Waals surface area contributed by atoms with Gasteiger partial charge in [-0.3, -0.25) is 9.59 Å². The van der Waals surface area contributed by atoms with E-state index in [1.807, 2.05) is 80.6 Å². The van der Waals surface area contributed by atoms with Gasteiger partial charge in [-0.1, -0.05) is 41.6 Å². The van der Waals surface area contributed by atoms with Gasteiger partial charge >= 0.3 is 0 Å². The maximum absolute atomic E-state index is 12.8. The maximum Gasteiger partial charge on any atom is 0.262 e. The number of amidine groups is 1. The van der Waals surface area contributed by atoms with Crippen molar-refractivity contribution < 1.29 is 14.3 Å². The average Bonchev–Trinajstić information content (AvgIpc) is 3.50. The number of halogens is 1. The quantitative estimate of drug-likeness (QED) is 0.401. The monoisotopic (exact) mass is 546 g/mol. The van der Waals surface area contributed by atoms with Crippen LogP contribution >= 0.6 is 23.4 Å². The summed E-state index contributed by atoms with van der Waals surface area (Å²) in [6.07, 6.45) is 0.631. The van der Waals surface area contributed by atoms with Gasteiger partial charge in [0, 0.05) is 23.6 Å². The number of hydrogen-bond donors (Lipinski definition) is 1. The summed E-state index contributed by atoms with van der Waals surface area (Å²) in [4.78, 5) is 29.9. The molecule has 3 aromatic carbocycles. The normalized spacial score (nSPS) is 18.8. The molecule has 194 valence electrons. The first-order valence-corrected chi connectivity index (χ1v) is 13.5. The van der Waals surface area contributed by atoms with Gasteiger partial charge in [0.1, 0.15) is 11.0 Å². The summed E-state index contributed by atoms with van der Waals surface area (Å²) >= 11 is 7.57. The average molecular weight is 547 g/mol. The summed E-state index contributed by atoms with van der Waals surface area (Å²) in [6, 6.07) is 20.9. The molecule has 0 spiro atoms. The van der Waals surface area contributed by atoms with Crippen LogP contribution in [0.5, 0.6) is 5.75 Å². The van der Waals surface area contributed by atoms with Crippen molar-refractivity contribution in [2.75, 3.05) is 12.4 Å². The number of nitrogens with one attached hydrogen (secondary N) is 1. The molecule has 0 unspecified atom stereocenters. The lowest BCUT2D eigenvalue weighted by molar-refractivity contribution is -0.121. The minimum absolute atomic E-state index is 0.0220. The van der Waals surface area contributed by atoms with E-state index in [9.17, 15) is 9.59 Å². The summed E-state index contributed by atoms with van der Waals surface area (Å²) in [5.74, 6) is 0.197. The van der Waals surface area contributed by atoms with Gasteiger partial charge < -0.3 is 10.1 Å². The van der Waals surface area contributed by atoms with E-state index >= 15 is 0 Å². The number of ether oxygens (including phenoxy) is 1. The predicted octanol–water partition coefficient (Wildman–Crippen LogP) is 6.14. The molecule has 38 heavy (non-hydrogen) atoms. The van der Waals surface area contributed by atoms with E-state index in [-0.39, 0.29) is 24.3 Å². The number of carbonyl (C=O) groups excluding carboxylic acids is 2. The largest absolute Gasteiger partial charge is 0.497 e. The lowest BCUT2D eigenvalue weighted by Gasteiger charge is -2.23. The first-order chi connectivity index (χ1) is 18.3. The topological polar surface area (TPSA) is 83.4 Å². The van der Waals surface area contributed by atoms with Crippen molar-refractivity contribution in [3.63, 3.8) is 0 Å². The lowest BCUT2D eigenvalue weighted by Crippen LogP contribution is -2.25. The Hall–Kier alpha value is -3.62. The molecule has 0 aromatic heterocycles. The van der Waals surface area contributed by atoms with E-state index in [2.05, 4.69) is 10.3 Å². The molecule has 2 heterocycles. The third-order valence-electron chi connectivity index (χ3n) is 6.65. The van der Waals surface area contributed by atoms with Crippen LogP contribution in [-0.4, -0.2) is 40.1 Å². The highest BCUT2D eigenvalue weighted by Gasteiger charge is 2.39. The van der Waals surface area contributed by atoms with Crippen molar-refractivity contribution in [1.29, 1.82) is 0 Å². The zero-order valence-corrected chi connectivity index (χ0v) is 22.8. The van der Waals surface area contributed by atoms with Crippen molar-refractivity contribution in [3.05, 3.63) is 94.0 Å². The molecule has 0 aliphatic carbocycles. The third-order valence-corrected chi connectivity index (χ3v) is 8.03. The molecule has 9 heteroatoms. The Bertz CT molecular complexity index is 1450. The molecular weight excluding hydrogens is 520 g/mol. The second kappa shape index (κ2) is 11.0. The SMILES string of the molecule is COc1ccc(C2=NN(C3=NC(=O)[C@H](CC(=O)Nc4ccc(C)c(C)c4)S3)[C@@H](c3cccc(Cl)c3)C2)cc1. The number of amides is 2. The number of aryl methyl sites for hydroxylation is 2. The zero-order valence-electron chi connectivity index (χ0n) is 21.3. The third kappa shape index (κ3) is 5.61. The van der Waals surface area contributed by atoms with E-state index in [0.29, 0.717) is 22.3 Å². The Morgan fingerprint density at radius 3 is 2.61 bits per heavy atom. The van der Waals surface area contributed by atoms with Crippen LogP contribution in [0.2, 0.25) is 5.02 Å². The van der Waals surface area contributed by atoms with Gasteiger partial charge in [0.25, 0.3) is 5.91 Å². The molecule has 0 radical (unpaired) electrons. The number of methoxy groups -OCH3 is 1. The second-order valence-electron chi connectivity index (χ2n) is 9.29. The highest BCUT2D eigenvalue weighted by atomic mass is 35.5. The fourth-order valence-corrected chi connectivity index (χ4v) is 5.68. The van der Waals surface area contributed by atoms with Crippen LogP contribution in [0.25, 0.3) is 0 Å². The van der Waals surface area contributed by atoms with E-state index < -0.39 is 5.25 Å². The van der Waals surface area contributed by atoms with E-state index in [4.69, 9.17) is 21.4 Å². The number of benzene rings is 3. The zero-order chi connectivity index (χ0) is 26.8. The highest BCUT2D eigenvalue weighted by molar-refractivity contribution is 8.15. The number of rotatable bonds is 6. The Kier molecular flexibility index (Phi) is 7.53. The molecule has 3 aromatic rings. The van der Waals surface area contributed by atoms with Crippen LogP contribution in [0.15, 0.2) is 76.8 Å². The maximum atomic E-state index is 12.8. The number of thioether (sulfide) groups is 1. The number of hydrazone groups is 1. The molecule has 0 saturated carbocycles. The number of aliphatic imine (C=N–C) groups is 1. The van der Waals surface area contributed by atoms with Crippen LogP contribution in [0.4, 0.5) is 5.69 Å². The summed E-state index contributed by atoms with van der Waals surface area (Å²) in [5, 5.41) is 10.1. The predicted molar refractivity (Wildman–Crippen MR) is 153 cm³/mol. The van der Waals surface area contributed by atoms with Gasteiger partial charge in [-0.2, -0.15) is 10.1 Å². The lowest BCUT2D eigenvalue weighted by atomic mass is 9.98. The molecule has 0 saturated heterocycles. The van der Waals surface area contributed by atoms with Crippen LogP contribution in [0.3, 0.4) is 0 Å². The molecule has 2 atom stereocenters. The molecule has 2 aliphatic rings. The molecule has 0 fully saturated rings. The van der Waals surface area contributed by atoms with Gasteiger partial charge in [0.05, 0.1) is 18.9 Å². The van der Waals surface area contributed by atoms with Crippen molar-refractivity contribution in [1.82, 2.24) is 5.01 Å². The van der Waals surface area contributed by atoms with Crippen molar-refractivity contribution in [2.24, 2.45) is 10.1 Å². The first kappa shape index (κ1) is 26.0. The minimum Gasteiger partial charge on any atom is -0.497 e. The van der Waals surface area contributed by atoms with Crippen molar-refractivity contribution >= 4 is 51.7 Å². The van der Waals surface area contributed by atoms with E-state index in [0.717, 1.165) is 33.7 Å². The van der Waals surface area contributed by atoms with E-state index in [1.165, 1.54) is 11.8 Å². The fraction of sp³-hybridized carbons (Fsp3) is 0.241. The summed E-state index contributed by atoms with van der Waals surface area (Å²) < 4.78 is 5.28. The first-order valence-electron chi connectivity index (χ1n) is 12.2.